The van der Waals surface area contributed by atoms with Crippen molar-refractivity contribution in [1.29, 1.82) is 0 Å². The van der Waals surface area contributed by atoms with Gasteiger partial charge in [-0.15, -0.1) is 22.7 Å². The van der Waals surface area contributed by atoms with Crippen molar-refractivity contribution in [2.75, 3.05) is 0 Å². The normalized spacial score (nSPS) is 11.1. The van der Waals surface area contributed by atoms with Gasteiger partial charge in [0.1, 0.15) is 0 Å². The third-order valence-corrected chi connectivity index (χ3v) is 9.12. The Morgan fingerprint density at radius 3 is 0.861 bits per heavy atom. The van der Waals surface area contributed by atoms with Gasteiger partial charge in [0.2, 0.25) is 0 Å². The maximum absolute atomic E-state index is 6.03. The average Bonchev–Trinajstić information content (AvgIpc) is 3.60. The van der Waals surface area contributed by atoms with E-state index in [-0.39, 0.29) is 0 Å². The molecule has 2 heterocycles. The highest BCUT2D eigenvalue weighted by molar-refractivity contribution is 7.25. The van der Waals surface area contributed by atoms with E-state index in [1.165, 1.54) is 52.9 Å². The van der Waals surface area contributed by atoms with E-state index in [4.69, 9.17) is 23.2 Å². The van der Waals surface area contributed by atoms with Crippen LogP contribution in [0.25, 0.3) is 52.9 Å². The Bertz CT molecular complexity index is 1480. The molecule has 0 bridgehead atoms. The second-order valence-electron chi connectivity index (χ2n) is 8.50. The van der Waals surface area contributed by atoms with Crippen LogP contribution in [0.4, 0.5) is 0 Å². The van der Waals surface area contributed by atoms with Gasteiger partial charge >= 0.3 is 0 Å². The summed E-state index contributed by atoms with van der Waals surface area (Å²) in [6.45, 7) is 0. The molecule has 0 N–H and O–H groups in total. The van der Waals surface area contributed by atoms with Crippen LogP contribution in [0.1, 0.15) is 0 Å². The summed E-state index contributed by atoms with van der Waals surface area (Å²) < 4.78 is 0. The summed E-state index contributed by atoms with van der Waals surface area (Å²) >= 11 is 15.7. The van der Waals surface area contributed by atoms with Gasteiger partial charge < -0.3 is 0 Å². The molecule has 0 radical (unpaired) electrons. The summed E-state index contributed by atoms with van der Waals surface area (Å²) in [4.78, 5) is 5.13. The molecular formula is C32H20Cl2S2. The van der Waals surface area contributed by atoms with E-state index in [0.717, 1.165) is 10.0 Å². The van der Waals surface area contributed by atoms with E-state index in [9.17, 15) is 0 Å². The van der Waals surface area contributed by atoms with Gasteiger partial charge in [-0.1, -0.05) is 96.0 Å². The molecule has 0 atom stereocenters. The molecule has 0 nitrogen and oxygen atoms in total. The summed E-state index contributed by atoms with van der Waals surface area (Å²) in [7, 11) is 0. The molecule has 0 aliphatic rings. The standard InChI is InChI=1S/C32H20Cl2S2/c33-27-13-9-23(10-14-27)21-1-5-25(6-2-21)29-17-19-31(35-29)32-20-18-30(36-32)26-7-3-22(4-8-26)24-11-15-28(34)16-12-24/h1-20H. The first-order valence-corrected chi connectivity index (χ1v) is 13.9. The molecule has 6 rings (SSSR count). The van der Waals surface area contributed by atoms with Gasteiger partial charge in [-0.05, 0) is 81.9 Å². The zero-order chi connectivity index (χ0) is 24.5. The van der Waals surface area contributed by atoms with Crippen LogP contribution in [0.3, 0.4) is 0 Å². The highest BCUT2D eigenvalue weighted by Gasteiger charge is 2.10. The van der Waals surface area contributed by atoms with Crippen LogP contribution >= 0.6 is 45.9 Å². The van der Waals surface area contributed by atoms with Crippen LogP contribution in [0.15, 0.2) is 121 Å². The Morgan fingerprint density at radius 1 is 0.278 bits per heavy atom. The van der Waals surface area contributed by atoms with Gasteiger partial charge in [-0.25, -0.2) is 0 Å². The lowest BCUT2D eigenvalue weighted by Crippen LogP contribution is -1.78. The second kappa shape index (κ2) is 10.1. The lowest BCUT2D eigenvalue weighted by Gasteiger charge is -2.04. The first-order chi connectivity index (χ1) is 17.6. The van der Waals surface area contributed by atoms with E-state index in [0.29, 0.717) is 0 Å². The number of rotatable bonds is 5. The van der Waals surface area contributed by atoms with Gasteiger partial charge in [0, 0.05) is 29.6 Å². The molecule has 0 saturated carbocycles. The fourth-order valence-corrected chi connectivity index (χ4v) is 6.55. The summed E-state index contributed by atoms with van der Waals surface area (Å²) in [5.41, 5.74) is 7.20. The average molecular weight is 540 g/mol. The Labute approximate surface area is 229 Å². The molecule has 0 unspecified atom stereocenters. The smallest absolute Gasteiger partial charge is 0.0449 e. The summed E-state index contributed by atoms with van der Waals surface area (Å²) in [6, 6.07) is 42.3. The first kappa shape index (κ1) is 23.3. The van der Waals surface area contributed by atoms with Crippen LogP contribution in [-0.2, 0) is 0 Å². The van der Waals surface area contributed by atoms with Gasteiger partial charge in [0.15, 0.2) is 0 Å². The molecule has 0 aliphatic carbocycles. The number of hydrogen-bond acceptors (Lipinski definition) is 2. The van der Waals surface area contributed by atoms with E-state index in [1.54, 1.807) is 0 Å². The van der Waals surface area contributed by atoms with E-state index in [1.807, 2.05) is 46.9 Å². The minimum atomic E-state index is 0.758. The third-order valence-electron chi connectivity index (χ3n) is 6.15. The lowest BCUT2D eigenvalue weighted by molar-refractivity contribution is 1.62. The summed E-state index contributed by atoms with van der Waals surface area (Å²) in [5, 5.41) is 1.52. The fraction of sp³-hybridized carbons (Fsp3) is 0. The predicted octanol–water partition coefficient (Wildman–Crippen LogP) is 11.5. The molecular weight excluding hydrogens is 519 g/mol. The fourth-order valence-electron chi connectivity index (χ4n) is 4.19. The molecule has 4 heteroatoms. The molecule has 2 aromatic heterocycles. The van der Waals surface area contributed by atoms with Crippen molar-refractivity contribution in [2.24, 2.45) is 0 Å². The summed E-state index contributed by atoms with van der Waals surface area (Å²) in [6.07, 6.45) is 0. The van der Waals surface area contributed by atoms with Crippen LogP contribution in [0.5, 0.6) is 0 Å². The van der Waals surface area contributed by atoms with Crippen molar-refractivity contribution in [3.63, 3.8) is 0 Å². The quantitative estimate of drug-likeness (QED) is 0.204. The first-order valence-electron chi connectivity index (χ1n) is 11.6. The number of thiophene rings is 2. The zero-order valence-corrected chi connectivity index (χ0v) is 22.3. The number of benzene rings is 4. The van der Waals surface area contributed by atoms with Crippen LogP contribution in [0, 0.1) is 0 Å². The van der Waals surface area contributed by atoms with Crippen molar-refractivity contribution in [3.05, 3.63) is 131 Å². The molecule has 0 amide bonds. The molecule has 6 aromatic rings. The Balaban J connectivity index is 1.19. The summed E-state index contributed by atoms with van der Waals surface area (Å²) in [5.74, 6) is 0. The highest BCUT2D eigenvalue weighted by Crippen LogP contribution is 2.41. The van der Waals surface area contributed by atoms with Crippen LogP contribution in [0.2, 0.25) is 10.0 Å². The van der Waals surface area contributed by atoms with Gasteiger partial charge in [0.25, 0.3) is 0 Å². The zero-order valence-electron chi connectivity index (χ0n) is 19.1. The molecule has 0 aliphatic heterocycles. The second-order valence-corrected chi connectivity index (χ2v) is 11.5. The number of halogens is 2. The van der Waals surface area contributed by atoms with Gasteiger partial charge in [-0.2, -0.15) is 0 Å². The largest absolute Gasteiger partial charge is 0.134 e. The topological polar surface area (TPSA) is 0 Å². The maximum Gasteiger partial charge on any atom is 0.0449 e. The van der Waals surface area contributed by atoms with Crippen LogP contribution < -0.4 is 0 Å². The van der Waals surface area contributed by atoms with E-state index in [2.05, 4.69) is 97.1 Å². The van der Waals surface area contributed by atoms with Crippen molar-refractivity contribution < 1.29 is 0 Å². The van der Waals surface area contributed by atoms with Gasteiger partial charge in [-0.3, -0.25) is 0 Å². The number of hydrogen-bond donors (Lipinski definition) is 0. The third kappa shape index (κ3) is 4.91. The van der Waals surface area contributed by atoms with Crippen molar-refractivity contribution in [1.82, 2.24) is 0 Å². The van der Waals surface area contributed by atoms with Crippen molar-refractivity contribution in [2.45, 2.75) is 0 Å². The van der Waals surface area contributed by atoms with Crippen LogP contribution in [-0.4, -0.2) is 0 Å². The van der Waals surface area contributed by atoms with Crippen molar-refractivity contribution in [3.8, 4) is 52.9 Å². The van der Waals surface area contributed by atoms with E-state index >= 15 is 0 Å². The molecule has 174 valence electrons. The molecule has 0 fully saturated rings. The SMILES string of the molecule is Clc1ccc(-c2ccc(-c3ccc(-c4ccc(-c5ccc(-c6ccc(Cl)cc6)cc5)s4)s3)cc2)cc1. The Hall–Kier alpha value is -3.14. The van der Waals surface area contributed by atoms with Crippen molar-refractivity contribution >= 4 is 45.9 Å². The predicted molar refractivity (Wildman–Crippen MR) is 159 cm³/mol. The monoisotopic (exact) mass is 538 g/mol. The minimum Gasteiger partial charge on any atom is -0.134 e. The maximum atomic E-state index is 6.03. The highest BCUT2D eigenvalue weighted by atomic mass is 35.5. The Morgan fingerprint density at radius 2 is 0.528 bits per heavy atom. The Kier molecular flexibility index (Phi) is 6.52. The molecule has 0 spiro atoms. The molecule has 4 aromatic carbocycles. The lowest BCUT2D eigenvalue weighted by atomic mass is 10.0. The van der Waals surface area contributed by atoms with E-state index < -0.39 is 0 Å². The molecule has 0 saturated heterocycles. The van der Waals surface area contributed by atoms with Gasteiger partial charge in [0.05, 0.1) is 0 Å². The molecule has 36 heavy (non-hydrogen) atoms. The minimum absolute atomic E-state index is 0.758.